The second-order valence-corrected chi connectivity index (χ2v) is 7.34. The second kappa shape index (κ2) is 8.27. The predicted octanol–water partition coefficient (Wildman–Crippen LogP) is 3.33. The number of nitrogens with two attached hydrogens (primary N) is 1. The highest BCUT2D eigenvalue weighted by atomic mass is 32.1. The molecule has 0 bridgehead atoms. The second-order valence-electron chi connectivity index (χ2n) is 6.28. The summed E-state index contributed by atoms with van der Waals surface area (Å²) in [4.78, 5) is 27.3. The van der Waals surface area contributed by atoms with Crippen molar-refractivity contribution in [3.63, 3.8) is 0 Å². The van der Waals surface area contributed by atoms with Crippen LogP contribution >= 0.6 is 11.3 Å². The lowest BCUT2D eigenvalue weighted by Crippen LogP contribution is -2.32. The van der Waals surface area contributed by atoms with Crippen LogP contribution in [-0.4, -0.2) is 36.3 Å². The van der Waals surface area contributed by atoms with Crippen LogP contribution in [0.15, 0.2) is 36.4 Å². The van der Waals surface area contributed by atoms with Gasteiger partial charge in [-0.15, -0.1) is 11.3 Å². The van der Waals surface area contributed by atoms with Gasteiger partial charge in [0.1, 0.15) is 5.00 Å². The van der Waals surface area contributed by atoms with Crippen LogP contribution in [-0.2, 0) is 4.79 Å². The summed E-state index contributed by atoms with van der Waals surface area (Å²) in [6, 6.07) is 11.5. The first-order valence-corrected chi connectivity index (χ1v) is 9.46. The van der Waals surface area contributed by atoms with Gasteiger partial charge in [0.05, 0.1) is 5.56 Å². The monoisotopic (exact) mass is 357 g/mol. The Labute approximate surface area is 151 Å². The Morgan fingerprint density at radius 1 is 1.12 bits per heavy atom. The van der Waals surface area contributed by atoms with Gasteiger partial charge in [0, 0.05) is 17.8 Å². The summed E-state index contributed by atoms with van der Waals surface area (Å²) in [5, 5.41) is 3.41. The molecule has 5 nitrogen and oxygen atoms in total. The molecular weight excluding hydrogens is 334 g/mol. The van der Waals surface area contributed by atoms with Crippen molar-refractivity contribution < 1.29 is 9.59 Å². The number of nitrogens with zero attached hydrogens (tertiary/aromatic N) is 1. The molecule has 1 aliphatic heterocycles. The van der Waals surface area contributed by atoms with E-state index in [9.17, 15) is 9.59 Å². The molecule has 3 rings (SSSR count). The van der Waals surface area contributed by atoms with E-state index in [0.29, 0.717) is 17.0 Å². The third-order valence-corrected chi connectivity index (χ3v) is 5.51. The largest absolute Gasteiger partial charge is 0.366 e. The molecule has 1 saturated heterocycles. The molecular formula is C19H23N3O2S. The summed E-state index contributed by atoms with van der Waals surface area (Å²) in [7, 11) is 0. The van der Waals surface area contributed by atoms with E-state index in [0.717, 1.165) is 30.1 Å². The summed E-state index contributed by atoms with van der Waals surface area (Å²) in [5.74, 6) is -0.598. The number of likely N-dealkylation sites (tertiary alicyclic amines) is 1. The van der Waals surface area contributed by atoms with Gasteiger partial charge >= 0.3 is 0 Å². The van der Waals surface area contributed by atoms with Crippen molar-refractivity contribution in [2.75, 3.05) is 25.0 Å². The van der Waals surface area contributed by atoms with Crippen molar-refractivity contribution in [2.45, 2.75) is 25.7 Å². The normalized spacial score (nSPS) is 15.0. The number of anilines is 1. The number of primary amides is 1. The molecule has 0 radical (unpaired) electrons. The Kier molecular flexibility index (Phi) is 5.83. The minimum Gasteiger partial charge on any atom is -0.366 e. The Morgan fingerprint density at radius 2 is 1.84 bits per heavy atom. The van der Waals surface area contributed by atoms with Gasteiger partial charge in [0.15, 0.2) is 0 Å². The zero-order valence-corrected chi connectivity index (χ0v) is 15.0. The third-order valence-electron chi connectivity index (χ3n) is 4.41. The molecule has 0 saturated carbocycles. The van der Waals surface area contributed by atoms with Crippen molar-refractivity contribution >= 4 is 28.2 Å². The fourth-order valence-corrected chi connectivity index (χ4v) is 4.13. The molecule has 1 aromatic heterocycles. The first kappa shape index (κ1) is 17.6. The van der Waals surface area contributed by atoms with Crippen LogP contribution in [0.1, 0.15) is 36.0 Å². The summed E-state index contributed by atoms with van der Waals surface area (Å²) in [6.07, 6.45) is 4.12. The lowest BCUT2D eigenvalue weighted by molar-refractivity contribution is -0.116. The van der Waals surface area contributed by atoms with Crippen molar-refractivity contribution in [1.82, 2.24) is 4.90 Å². The number of carbonyl (C=O) groups is 2. The Morgan fingerprint density at radius 3 is 2.52 bits per heavy atom. The molecule has 2 amide bonds. The van der Waals surface area contributed by atoms with E-state index in [2.05, 4.69) is 10.2 Å². The zero-order chi connectivity index (χ0) is 17.6. The number of thiophene rings is 1. The van der Waals surface area contributed by atoms with Gasteiger partial charge in [0.2, 0.25) is 5.91 Å². The topological polar surface area (TPSA) is 75.4 Å². The van der Waals surface area contributed by atoms with E-state index in [1.807, 2.05) is 30.3 Å². The first-order chi connectivity index (χ1) is 12.1. The van der Waals surface area contributed by atoms with Crippen LogP contribution in [0.2, 0.25) is 0 Å². The van der Waals surface area contributed by atoms with Gasteiger partial charge in [0.25, 0.3) is 5.91 Å². The maximum absolute atomic E-state index is 12.3. The molecule has 0 aliphatic carbocycles. The third kappa shape index (κ3) is 4.67. The fraction of sp³-hybridized carbons (Fsp3) is 0.368. The van der Waals surface area contributed by atoms with Crippen LogP contribution in [0.3, 0.4) is 0 Å². The average Bonchev–Trinajstić information content (AvgIpc) is 3.06. The van der Waals surface area contributed by atoms with Crippen LogP contribution in [0, 0.1) is 0 Å². The predicted molar refractivity (Wildman–Crippen MR) is 102 cm³/mol. The summed E-state index contributed by atoms with van der Waals surface area (Å²) in [6.45, 7) is 2.89. The molecule has 2 aromatic rings. The number of hydrogen-bond acceptors (Lipinski definition) is 4. The van der Waals surface area contributed by atoms with Gasteiger partial charge in [-0.3, -0.25) is 9.59 Å². The van der Waals surface area contributed by atoms with Gasteiger partial charge in [-0.1, -0.05) is 36.8 Å². The highest BCUT2D eigenvalue weighted by Gasteiger charge is 2.18. The number of piperidine rings is 1. The Balaban J connectivity index is 1.67. The molecule has 1 aromatic carbocycles. The summed E-state index contributed by atoms with van der Waals surface area (Å²) in [5.41, 5.74) is 6.85. The van der Waals surface area contributed by atoms with E-state index in [1.54, 1.807) is 6.07 Å². The van der Waals surface area contributed by atoms with Gasteiger partial charge < -0.3 is 16.0 Å². The Hall–Kier alpha value is -2.18. The quantitative estimate of drug-likeness (QED) is 0.833. The standard InChI is InChI=1S/C19H23N3O2S/c20-18(24)15-13-16(14-7-3-1-4-8-14)25-19(15)21-17(23)9-12-22-10-5-2-6-11-22/h1,3-4,7-8,13H,2,5-6,9-12H2,(H2,20,24)(H,21,23). The molecule has 3 N–H and O–H groups in total. The minimum atomic E-state index is -0.523. The van der Waals surface area contributed by atoms with Crippen molar-refractivity contribution in [3.05, 3.63) is 42.0 Å². The number of benzene rings is 1. The maximum Gasteiger partial charge on any atom is 0.251 e. The number of nitrogens with one attached hydrogen (secondary N) is 1. The zero-order valence-electron chi connectivity index (χ0n) is 14.2. The fourth-order valence-electron chi connectivity index (χ4n) is 3.04. The SMILES string of the molecule is NC(=O)c1cc(-c2ccccc2)sc1NC(=O)CCN1CCCCC1. The molecule has 2 heterocycles. The van der Waals surface area contributed by atoms with Gasteiger partial charge in [-0.2, -0.15) is 0 Å². The summed E-state index contributed by atoms with van der Waals surface area (Å²) >= 11 is 1.38. The smallest absolute Gasteiger partial charge is 0.251 e. The summed E-state index contributed by atoms with van der Waals surface area (Å²) < 4.78 is 0. The van der Waals surface area contributed by atoms with Crippen LogP contribution in [0.25, 0.3) is 10.4 Å². The number of hydrogen-bond donors (Lipinski definition) is 2. The molecule has 25 heavy (non-hydrogen) atoms. The van der Waals surface area contributed by atoms with Crippen LogP contribution < -0.4 is 11.1 Å². The van der Waals surface area contributed by atoms with E-state index < -0.39 is 5.91 Å². The highest BCUT2D eigenvalue weighted by Crippen LogP contribution is 2.35. The van der Waals surface area contributed by atoms with E-state index in [1.165, 1.54) is 30.6 Å². The highest BCUT2D eigenvalue weighted by molar-refractivity contribution is 7.20. The molecule has 0 unspecified atom stereocenters. The average molecular weight is 357 g/mol. The van der Waals surface area contributed by atoms with E-state index in [-0.39, 0.29) is 5.91 Å². The van der Waals surface area contributed by atoms with E-state index >= 15 is 0 Å². The van der Waals surface area contributed by atoms with Crippen molar-refractivity contribution in [1.29, 1.82) is 0 Å². The van der Waals surface area contributed by atoms with Gasteiger partial charge in [-0.05, 0) is 37.6 Å². The number of carbonyl (C=O) groups excluding carboxylic acids is 2. The molecule has 1 fully saturated rings. The molecule has 1 aliphatic rings. The van der Waals surface area contributed by atoms with Crippen LogP contribution in [0.4, 0.5) is 5.00 Å². The van der Waals surface area contributed by atoms with E-state index in [4.69, 9.17) is 5.73 Å². The molecule has 132 valence electrons. The van der Waals surface area contributed by atoms with Crippen molar-refractivity contribution in [3.8, 4) is 10.4 Å². The number of amides is 2. The molecule has 0 atom stereocenters. The van der Waals surface area contributed by atoms with Crippen molar-refractivity contribution in [2.24, 2.45) is 5.73 Å². The first-order valence-electron chi connectivity index (χ1n) is 8.65. The lowest BCUT2D eigenvalue weighted by Gasteiger charge is -2.25. The molecule has 6 heteroatoms. The molecule has 0 spiro atoms. The Bertz CT molecular complexity index is 736. The van der Waals surface area contributed by atoms with Gasteiger partial charge in [-0.25, -0.2) is 0 Å². The lowest BCUT2D eigenvalue weighted by atomic mass is 10.1. The van der Waals surface area contributed by atoms with Crippen LogP contribution in [0.5, 0.6) is 0 Å². The maximum atomic E-state index is 12.3. The number of rotatable bonds is 6. The minimum absolute atomic E-state index is 0.0745.